The van der Waals surface area contributed by atoms with E-state index in [2.05, 4.69) is 5.32 Å². The first kappa shape index (κ1) is 16.8. The molecule has 0 radical (unpaired) electrons. The lowest BCUT2D eigenvalue weighted by atomic mass is 10.1. The van der Waals surface area contributed by atoms with Gasteiger partial charge < -0.3 is 14.8 Å². The van der Waals surface area contributed by atoms with Gasteiger partial charge in [-0.2, -0.15) is 13.2 Å². The van der Waals surface area contributed by atoms with E-state index in [0.29, 0.717) is 30.0 Å². The van der Waals surface area contributed by atoms with Gasteiger partial charge in [0.05, 0.1) is 6.61 Å². The zero-order valence-corrected chi connectivity index (χ0v) is 11.9. The summed E-state index contributed by atoms with van der Waals surface area (Å²) >= 11 is 0. The average Bonchev–Trinajstić information content (AvgIpc) is 2.32. The van der Waals surface area contributed by atoms with Crippen LogP contribution in [0.25, 0.3) is 0 Å². The Bertz CT molecular complexity index is 410. The third-order valence-electron chi connectivity index (χ3n) is 2.71. The number of ether oxygens (including phenoxy) is 2. The van der Waals surface area contributed by atoms with Crippen molar-refractivity contribution < 1.29 is 22.6 Å². The number of halogens is 3. The van der Waals surface area contributed by atoms with Gasteiger partial charge in [0, 0.05) is 20.2 Å². The highest BCUT2D eigenvalue weighted by molar-refractivity contribution is 5.43. The molecule has 1 rings (SSSR count). The summed E-state index contributed by atoms with van der Waals surface area (Å²) in [5, 5.41) is 3.19. The van der Waals surface area contributed by atoms with E-state index in [0.717, 1.165) is 12.1 Å². The van der Waals surface area contributed by atoms with Crippen LogP contribution in [0.15, 0.2) is 12.1 Å². The van der Waals surface area contributed by atoms with Crippen molar-refractivity contribution in [3.05, 3.63) is 28.8 Å². The van der Waals surface area contributed by atoms with Crippen molar-refractivity contribution in [2.45, 2.75) is 26.6 Å². The molecular formula is C14H20F3NO2. The highest BCUT2D eigenvalue weighted by atomic mass is 19.4. The molecule has 20 heavy (non-hydrogen) atoms. The van der Waals surface area contributed by atoms with Crippen LogP contribution in [0.2, 0.25) is 0 Å². The number of alkyl halides is 3. The van der Waals surface area contributed by atoms with Crippen LogP contribution in [0.4, 0.5) is 13.2 Å². The smallest absolute Gasteiger partial charge is 0.422 e. The molecule has 0 aromatic heterocycles. The second kappa shape index (κ2) is 7.50. The summed E-state index contributed by atoms with van der Waals surface area (Å²) in [6, 6.07) is 3.66. The predicted molar refractivity (Wildman–Crippen MR) is 71.0 cm³/mol. The normalized spacial score (nSPS) is 11.7. The molecule has 0 aliphatic rings. The van der Waals surface area contributed by atoms with E-state index in [9.17, 15) is 13.2 Å². The van der Waals surface area contributed by atoms with Crippen molar-refractivity contribution in [1.82, 2.24) is 5.32 Å². The molecule has 1 N–H and O–H groups in total. The highest BCUT2D eigenvalue weighted by Gasteiger charge is 2.29. The van der Waals surface area contributed by atoms with Gasteiger partial charge in [-0.25, -0.2) is 0 Å². The quantitative estimate of drug-likeness (QED) is 0.783. The summed E-state index contributed by atoms with van der Waals surface area (Å²) in [6.07, 6.45) is -4.32. The van der Waals surface area contributed by atoms with Gasteiger partial charge in [-0.15, -0.1) is 0 Å². The van der Waals surface area contributed by atoms with E-state index in [-0.39, 0.29) is 0 Å². The Balaban J connectivity index is 2.66. The number of nitrogens with one attached hydrogen (secondary N) is 1. The van der Waals surface area contributed by atoms with Gasteiger partial charge in [-0.05, 0) is 30.5 Å². The van der Waals surface area contributed by atoms with Crippen molar-refractivity contribution in [2.24, 2.45) is 0 Å². The van der Waals surface area contributed by atoms with Crippen LogP contribution in [0.1, 0.15) is 16.7 Å². The molecule has 0 aliphatic heterocycles. The number of methoxy groups -OCH3 is 1. The van der Waals surface area contributed by atoms with Crippen LogP contribution < -0.4 is 10.1 Å². The SMILES string of the molecule is COCCNCc1cc(C)c(OCC(F)(F)F)c(C)c1. The Morgan fingerprint density at radius 3 is 2.25 bits per heavy atom. The van der Waals surface area contributed by atoms with Crippen molar-refractivity contribution in [3.63, 3.8) is 0 Å². The van der Waals surface area contributed by atoms with Crippen LogP contribution in [0.5, 0.6) is 5.75 Å². The van der Waals surface area contributed by atoms with Gasteiger partial charge in [-0.3, -0.25) is 0 Å². The molecule has 0 saturated heterocycles. The van der Waals surface area contributed by atoms with Gasteiger partial charge in [0.15, 0.2) is 6.61 Å². The maximum Gasteiger partial charge on any atom is 0.422 e. The number of hydrogen-bond acceptors (Lipinski definition) is 3. The van der Waals surface area contributed by atoms with E-state index >= 15 is 0 Å². The standard InChI is InChI=1S/C14H20F3NO2/c1-10-6-12(8-18-4-5-19-3)7-11(2)13(10)20-9-14(15,16)17/h6-7,18H,4-5,8-9H2,1-3H3. The molecule has 0 aliphatic carbocycles. The largest absolute Gasteiger partial charge is 0.484 e. The van der Waals surface area contributed by atoms with E-state index in [1.165, 1.54) is 0 Å². The monoisotopic (exact) mass is 291 g/mol. The fraction of sp³-hybridized carbons (Fsp3) is 0.571. The van der Waals surface area contributed by atoms with Crippen LogP contribution >= 0.6 is 0 Å². The third kappa shape index (κ3) is 5.79. The lowest BCUT2D eigenvalue weighted by Crippen LogP contribution is -2.20. The predicted octanol–water partition coefficient (Wildman–Crippen LogP) is 2.98. The zero-order chi connectivity index (χ0) is 15.2. The average molecular weight is 291 g/mol. The molecule has 0 fully saturated rings. The lowest BCUT2D eigenvalue weighted by Gasteiger charge is -2.15. The molecule has 3 nitrogen and oxygen atoms in total. The summed E-state index contributed by atoms with van der Waals surface area (Å²) in [6.45, 7) is 4.21. The molecular weight excluding hydrogens is 271 g/mol. The minimum atomic E-state index is -4.32. The van der Waals surface area contributed by atoms with Crippen LogP contribution in [-0.2, 0) is 11.3 Å². The highest BCUT2D eigenvalue weighted by Crippen LogP contribution is 2.27. The first-order chi connectivity index (χ1) is 9.33. The number of hydrogen-bond donors (Lipinski definition) is 1. The summed E-state index contributed by atoms with van der Waals surface area (Å²) in [7, 11) is 1.63. The Morgan fingerprint density at radius 1 is 1.15 bits per heavy atom. The molecule has 0 spiro atoms. The molecule has 0 heterocycles. The number of rotatable bonds is 7. The molecule has 0 unspecified atom stereocenters. The minimum Gasteiger partial charge on any atom is -0.484 e. The Morgan fingerprint density at radius 2 is 1.75 bits per heavy atom. The van der Waals surface area contributed by atoms with Crippen molar-refractivity contribution in [2.75, 3.05) is 26.9 Å². The minimum absolute atomic E-state index is 0.308. The van der Waals surface area contributed by atoms with Gasteiger partial charge >= 0.3 is 6.18 Å². The van der Waals surface area contributed by atoms with Crippen molar-refractivity contribution in [1.29, 1.82) is 0 Å². The summed E-state index contributed by atoms with van der Waals surface area (Å²) < 4.78 is 46.3. The summed E-state index contributed by atoms with van der Waals surface area (Å²) in [4.78, 5) is 0. The van der Waals surface area contributed by atoms with E-state index in [1.807, 2.05) is 12.1 Å². The van der Waals surface area contributed by atoms with E-state index in [1.54, 1.807) is 21.0 Å². The second-order valence-electron chi connectivity index (χ2n) is 4.63. The number of aryl methyl sites for hydroxylation is 2. The zero-order valence-electron chi connectivity index (χ0n) is 11.9. The molecule has 0 bridgehead atoms. The third-order valence-corrected chi connectivity index (χ3v) is 2.71. The Hall–Kier alpha value is -1.27. The van der Waals surface area contributed by atoms with Crippen molar-refractivity contribution >= 4 is 0 Å². The van der Waals surface area contributed by atoms with Gasteiger partial charge in [0.1, 0.15) is 5.75 Å². The van der Waals surface area contributed by atoms with Crippen LogP contribution in [0, 0.1) is 13.8 Å². The van der Waals surface area contributed by atoms with Crippen LogP contribution in [0.3, 0.4) is 0 Å². The molecule has 114 valence electrons. The van der Waals surface area contributed by atoms with Gasteiger partial charge in [-0.1, -0.05) is 12.1 Å². The van der Waals surface area contributed by atoms with Gasteiger partial charge in [0.2, 0.25) is 0 Å². The summed E-state index contributed by atoms with van der Waals surface area (Å²) in [5.41, 5.74) is 2.42. The van der Waals surface area contributed by atoms with E-state index < -0.39 is 12.8 Å². The van der Waals surface area contributed by atoms with Gasteiger partial charge in [0.25, 0.3) is 0 Å². The van der Waals surface area contributed by atoms with Crippen molar-refractivity contribution in [3.8, 4) is 5.75 Å². The topological polar surface area (TPSA) is 30.5 Å². The molecule has 0 saturated carbocycles. The van der Waals surface area contributed by atoms with Crippen LogP contribution in [-0.4, -0.2) is 33.0 Å². The number of benzene rings is 1. The molecule has 0 amide bonds. The molecule has 1 aromatic rings. The lowest BCUT2D eigenvalue weighted by molar-refractivity contribution is -0.153. The molecule has 0 atom stereocenters. The second-order valence-corrected chi connectivity index (χ2v) is 4.63. The van der Waals surface area contributed by atoms with E-state index in [4.69, 9.17) is 9.47 Å². The molecule has 1 aromatic carbocycles. The maximum atomic E-state index is 12.2. The fourth-order valence-corrected chi connectivity index (χ4v) is 1.93. The molecule has 6 heteroatoms. The maximum absolute atomic E-state index is 12.2. The Kier molecular flexibility index (Phi) is 6.29. The first-order valence-corrected chi connectivity index (χ1v) is 6.33. The first-order valence-electron chi connectivity index (χ1n) is 6.33. The fourth-order valence-electron chi connectivity index (χ4n) is 1.93. The Labute approximate surface area is 117 Å². The summed E-state index contributed by atoms with van der Waals surface area (Å²) in [5.74, 6) is 0.308.